The molecule has 3 atom stereocenters. The minimum absolute atomic E-state index is 0.00693. The lowest BCUT2D eigenvalue weighted by atomic mass is 9.76. The van der Waals surface area contributed by atoms with Gasteiger partial charge >= 0.3 is 0 Å². The summed E-state index contributed by atoms with van der Waals surface area (Å²) in [5, 5.41) is 5.58. The summed E-state index contributed by atoms with van der Waals surface area (Å²) in [6.45, 7) is 10.2. The van der Waals surface area contributed by atoms with E-state index in [1.807, 2.05) is 6.92 Å². The Morgan fingerprint density at radius 3 is 2.59 bits per heavy atom. The van der Waals surface area contributed by atoms with Crippen molar-refractivity contribution in [2.75, 3.05) is 6.61 Å². The highest BCUT2D eigenvalue weighted by Gasteiger charge is 2.38. The molecule has 0 aliphatic carbocycles. The molecule has 2 unspecified atom stereocenters. The SMILES string of the molecule is CCC1OCC(=O)C1NC(=O)[C@H](CC(C)(C)C(C)C)NC(=O)c1ccoc1. The topological polar surface area (TPSA) is 97.6 Å². The number of ketones is 1. The standard InChI is InChI=1S/C20H30N2O5/c1-6-16-17(15(23)11-27-16)22-19(25)14(9-20(4,5)12(2)3)21-18(24)13-7-8-26-10-13/h7-8,10,12,14,16-17H,6,9,11H2,1-5H3,(H,21,24)(H,22,25)/t14-,16?,17?/m0/s1. The largest absolute Gasteiger partial charge is 0.472 e. The van der Waals surface area contributed by atoms with Gasteiger partial charge in [-0.2, -0.15) is 0 Å². The van der Waals surface area contributed by atoms with Gasteiger partial charge in [-0.1, -0.05) is 34.6 Å². The van der Waals surface area contributed by atoms with Crippen LogP contribution >= 0.6 is 0 Å². The normalized spacial score (nSPS) is 21.3. The second kappa shape index (κ2) is 8.69. The number of Topliss-reactive ketones (excluding diaryl/α,β-unsaturated/α-hetero) is 1. The van der Waals surface area contributed by atoms with E-state index in [0.29, 0.717) is 24.3 Å². The molecule has 0 aromatic carbocycles. The van der Waals surface area contributed by atoms with Crippen LogP contribution in [-0.4, -0.2) is 42.4 Å². The van der Waals surface area contributed by atoms with E-state index in [1.165, 1.54) is 12.5 Å². The Morgan fingerprint density at radius 1 is 1.33 bits per heavy atom. The van der Waals surface area contributed by atoms with Crippen LogP contribution in [0.25, 0.3) is 0 Å². The molecule has 27 heavy (non-hydrogen) atoms. The first-order chi connectivity index (χ1) is 12.7. The number of rotatable bonds is 8. The first-order valence-electron chi connectivity index (χ1n) is 9.43. The van der Waals surface area contributed by atoms with Gasteiger partial charge in [0, 0.05) is 0 Å². The maximum absolute atomic E-state index is 13.0. The fraction of sp³-hybridized carbons (Fsp3) is 0.650. The first kappa shape index (κ1) is 21.2. The van der Waals surface area contributed by atoms with Gasteiger partial charge in [0.25, 0.3) is 5.91 Å². The summed E-state index contributed by atoms with van der Waals surface area (Å²) < 4.78 is 10.4. The molecule has 1 aromatic heterocycles. The third-order valence-electron chi connectivity index (χ3n) is 5.56. The zero-order valence-electron chi connectivity index (χ0n) is 16.7. The number of amides is 2. The molecule has 1 aromatic rings. The lowest BCUT2D eigenvalue weighted by Gasteiger charge is -2.33. The Bertz CT molecular complexity index is 666. The van der Waals surface area contributed by atoms with Crippen LogP contribution in [-0.2, 0) is 14.3 Å². The highest BCUT2D eigenvalue weighted by Crippen LogP contribution is 2.31. The van der Waals surface area contributed by atoms with Crippen LogP contribution in [0.5, 0.6) is 0 Å². The molecule has 2 N–H and O–H groups in total. The Labute approximate surface area is 160 Å². The molecule has 2 amide bonds. The zero-order chi connectivity index (χ0) is 20.2. The van der Waals surface area contributed by atoms with Gasteiger partial charge in [0.1, 0.15) is 25.0 Å². The molecular weight excluding hydrogens is 348 g/mol. The smallest absolute Gasteiger partial charge is 0.255 e. The number of nitrogens with one attached hydrogen (secondary N) is 2. The van der Waals surface area contributed by atoms with Crippen LogP contribution in [0.2, 0.25) is 0 Å². The van der Waals surface area contributed by atoms with Crippen LogP contribution in [0.15, 0.2) is 23.0 Å². The summed E-state index contributed by atoms with van der Waals surface area (Å²) in [6.07, 6.45) is 3.48. The molecule has 150 valence electrons. The van der Waals surface area contributed by atoms with Gasteiger partial charge in [0.05, 0.1) is 17.9 Å². The van der Waals surface area contributed by atoms with E-state index in [-0.39, 0.29) is 35.7 Å². The van der Waals surface area contributed by atoms with Crippen molar-refractivity contribution in [2.45, 2.75) is 65.6 Å². The summed E-state index contributed by atoms with van der Waals surface area (Å²) in [5.74, 6) is -0.593. The number of hydrogen-bond donors (Lipinski definition) is 2. The van der Waals surface area contributed by atoms with Gasteiger partial charge in [-0.25, -0.2) is 0 Å². The molecule has 1 aliphatic heterocycles. The van der Waals surface area contributed by atoms with E-state index >= 15 is 0 Å². The Morgan fingerprint density at radius 2 is 2.04 bits per heavy atom. The number of ether oxygens (including phenoxy) is 1. The van der Waals surface area contributed by atoms with Crippen molar-refractivity contribution in [3.63, 3.8) is 0 Å². The van der Waals surface area contributed by atoms with Crippen molar-refractivity contribution in [3.8, 4) is 0 Å². The van der Waals surface area contributed by atoms with Gasteiger partial charge in [-0.3, -0.25) is 14.4 Å². The fourth-order valence-corrected chi connectivity index (χ4v) is 2.97. The van der Waals surface area contributed by atoms with Crippen LogP contribution in [0.1, 0.15) is 57.8 Å². The lowest BCUT2D eigenvalue weighted by Crippen LogP contribution is -2.54. The molecule has 0 spiro atoms. The van der Waals surface area contributed by atoms with E-state index in [2.05, 4.69) is 38.3 Å². The van der Waals surface area contributed by atoms with Gasteiger partial charge in [0.2, 0.25) is 5.91 Å². The van der Waals surface area contributed by atoms with Gasteiger partial charge in [-0.05, 0) is 30.2 Å². The molecule has 0 saturated carbocycles. The second-order valence-corrected chi connectivity index (χ2v) is 8.10. The Kier molecular flexibility index (Phi) is 6.81. The summed E-state index contributed by atoms with van der Waals surface area (Å²) in [4.78, 5) is 37.5. The quantitative estimate of drug-likeness (QED) is 0.723. The summed E-state index contributed by atoms with van der Waals surface area (Å²) in [6, 6.07) is 0.105. The minimum Gasteiger partial charge on any atom is -0.472 e. The maximum Gasteiger partial charge on any atom is 0.255 e. The average Bonchev–Trinajstić information content (AvgIpc) is 3.24. The molecule has 1 fully saturated rings. The molecule has 1 aliphatic rings. The van der Waals surface area contributed by atoms with Crippen LogP contribution in [0.3, 0.4) is 0 Å². The van der Waals surface area contributed by atoms with Gasteiger partial charge in [0.15, 0.2) is 5.78 Å². The molecule has 7 nitrogen and oxygen atoms in total. The first-order valence-corrected chi connectivity index (χ1v) is 9.43. The monoisotopic (exact) mass is 378 g/mol. The average molecular weight is 378 g/mol. The van der Waals surface area contributed by atoms with Gasteiger partial charge in [-0.15, -0.1) is 0 Å². The van der Waals surface area contributed by atoms with E-state index in [9.17, 15) is 14.4 Å². The number of hydrogen-bond acceptors (Lipinski definition) is 5. The predicted octanol–water partition coefficient (Wildman–Crippen LogP) is 2.31. The van der Waals surface area contributed by atoms with Crippen molar-refractivity contribution < 1.29 is 23.5 Å². The predicted molar refractivity (Wildman–Crippen MR) is 100 cm³/mol. The van der Waals surface area contributed by atoms with E-state index in [4.69, 9.17) is 9.15 Å². The highest BCUT2D eigenvalue weighted by atomic mass is 16.5. The summed E-state index contributed by atoms with van der Waals surface area (Å²) in [7, 11) is 0. The molecule has 2 heterocycles. The zero-order valence-corrected chi connectivity index (χ0v) is 16.7. The maximum atomic E-state index is 13.0. The third kappa shape index (κ3) is 5.19. The number of furan rings is 1. The highest BCUT2D eigenvalue weighted by molar-refractivity contribution is 5.98. The van der Waals surface area contributed by atoms with E-state index in [0.717, 1.165) is 0 Å². The van der Waals surface area contributed by atoms with Crippen molar-refractivity contribution >= 4 is 17.6 Å². The van der Waals surface area contributed by atoms with Gasteiger partial charge < -0.3 is 19.8 Å². The van der Waals surface area contributed by atoms with Crippen LogP contribution in [0.4, 0.5) is 0 Å². The summed E-state index contributed by atoms with van der Waals surface area (Å²) >= 11 is 0. The second-order valence-electron chi connectivity index (χ2n) is 8.10. The molecule has 0 bridgehead atoms. The number of carbonyl (C=O) groups is 3. The molecule has 2 rings (SSSR count). The Balaban J connectivity index is 2.16. The lowest BCUT2D eigenvalue weighted by molar-refractivity contribution is -0.128. The van der Waals surface area contributed by atoms with Crippen molar-refractivity contribution in [1.29, 1.82) is 0 Å². The molecule has 1 saturated heterocycles. The summed E-state index contributed by atoms with van der Waals surface area (Å²) in [5.41, 5.74) is 0.160. The molecule has 7 heteroatoms. The van der Waals surface area contributed by atoms with E-state index < -0.39 is 12.1 Å². The van der Waals surface area contributed by atoms with Crippen molar-refractivity contribution in [1.82, 2.24) is 10.6 Å². The fourth-order valence-electron chi connectivity index (χ4n) is 2.97. The number of carbonyl (C=O) groups excluding carboxylic acids is 3. The van der Waals surface area contributed by atoms with Crippen LogP contribution < -0.4 is 10.6 Å². The van der Waals surface area contributed by atoms with Crippen molar-refractivity contribution in [2.24, 2.45) is 11.3 Å². The third-order valence-corrected chi connectivity index (χ3v) is 5.56. The molecule has 0 radical (unpaired) electrons. The van der Waals surface area contributed by atoms with Crippen molar-refractivity contribution in [3.05, 3.63) is 24.2 Å². The molecular formula is C20H30N2O5. The Hall–Kier alpha value is -2.15. The van der Waals surface area contributed by atoms with E-state index in [1.54, 1.807) is 6.07 Å². The minimum atomic E-state index is -0.768. The van der Waals surface area contributed by atoms with Crippen LogP contribution in [0, 0.1) is 11.3 Å².